The van der Waals surface area contributed by atoms with Crippen LogP contribution in [-0.2, 0) is 12.8 Å². The summed E-state index contributed by atoms with van der Waals surface area (Å²) >= 11 is 0. The summed E-state index contributed by atoms with van der Waals surface area (Å²) in [7, 11) is 0. The maximum Gasteiger partial charge on any atom is 0.416 e. The van der Waals surface area contributed by atoms with Gasteiger partial charge in [-0.15, -0.1) is 0 Å². The molecule has 0 saturated heterocycles. The second-order valence-electron chi connectivity index (χ2n) is 4.44. The Morgan fingerprint density at radius 1 is 1.05 bits per heavy atom. The highest BCUT2D eigenvalue weighted by Gasteiger charge is 2.29. The Kier molecular flexibility index (Phi) is 3.88. The second-order valence-corrected chi connectivity index (χ2v) is 4.44. The third kappa shape index (κ3) is 3.23. The van der Waals surface area contributed by atoms with E-state index < -0.39 is 11.7 Å². The molecule has 0 spiro atoms. The lowest BCUT2D eigenvalue weighted by atomic mass is 10.1. The molecule has 2 rings (SSSR count). The van der Waals surface area contributed by atoms with Crippen LogP contribution in [0.25, 0.3) is 0 Å². The molecule has 2 aromatic rings. The first-order valence-electron chi connectivity index (χ1n) is 6.02. The average molecular weight is 281 g/mol. The quantitative estimate of drug-likeness (QED) is 0.857. The lowest BCUT2D eigenvalue weighted by Gasteiger charge is -2.11. The molecule has 0 aliphatic heterocycles. The third-order valence-electron chi connectivity index (χ3n) is 3.06. The Morgan fingerprint density at radius 3 is 2.30 bits per heavy atom. The molecule has 0 amide bonds. The number of nitrogen functional groups attached to an aromatic ring is 1. The van der Waals surface area contributed by atoms with Crippen molar-refractivity contribution in [3.05, 3.63) is 59.2 Å². The fourth-order valence-corrected chi connectivity index (χ4v) is 1.76. The van der Waals surface area contributed by atoms with Crippen molar-refractivity contribution in [1.29, 1.82) is 0 Å². The first kappa shape index (κ1) is 14.2. The van der Waals surface area contributed by atoms with E-state index in [1.807, 2.05) is 19.1 Å². The van der Waals surface area contributed by atoms with Crippen LogP contribution in [-0.4, -0.2) is 0 Å². The van der Waals surface area contributed by atoms with Gasteiger partial charge in [-0.2, -0.15) is 13.2 Å². The van der Waals surface area contributed by atoms with Gasteiger partial charge in [-0.05, 0) is 48.4 Å². The molecule has 5 heteroatoms. The van der Waals surface area contributed by atoms with Gasteiger partial charge in [-0.3, -0.25) is 0 Å². The summed E-state index contributed by atoms with van der Waals surface area (Å²) in [6, 6.07) is 10.1. The van der Waals surface area contributed by atoms with Crippen molar-refractivity contribution < 1.29 is 17.9 Å². The Morgan fingerprint density at radius 2 is 1.70 bits per heavy atom. The Hall–Kier alpha value is -2.17. The minimum atomic E-state index is -4.33. The van der Waals surface area contributed by atoms with E-state index >= 15 is 0 Å². The molecule has 0 heterocycles. The molecule has 0 unspecified atom stereocenters. The van der Waals surface area contributed by atoms with E-state index in [9.17, 15) is 13.2 Å². The number of nitrogens with two attached hydrogens (primary N) is 1. The number of alkyl halides is 3. The summed E-state index contributed by atoms with van der Waals surface area (Å²) in [5.41, 5.74) is 7.58. The smallest absolute Gasteiger partial charge is 0.416 e. The fourth-order valence-electron chi connectivity index (χ4n) is 1.76. The fraction of sp³-hybridized carbons (Fsp3) is 0.200. The molecule has 0 fully saturated rings. The topological polar surface area (TPSA) is 35.2 Å². The number of anilines is 1. The standard InChI is InChI=1S/C15H14F3NO/c1-10-11(3-2-4-14(10)19)9-20-13-7-5-12(6-8-13)15(16,17)18/h2-8H,9,19H2,1H3. The van der Waals surface area contributed by atoms with Crippen molar-refractivity contribution >= 4 is 5.69 Å². The van der Waals surface area contributed by atoms with Crippen LogP contribution in [0.1, 0.15) is 16.7 Å². The highest BCUT2D eigenvalue weighted by atomic mass is 19.4. The van der Waals surface area contributed by atoms with Crippen LogP contribution in [0.4, 0.5) is 18.9 Å². The predicted octanol–water partition coefficient (Wildman–Crippen LogP) is 4.18. The summed E-state index contributed by atoms with van der Waals surface area (Å²) in [4.78, 5) is 0. The van der Waals surface area contributed by atoms with Crippen molar-refractivity contribution in [3.8, 4) is 5.75 Å². The van der Waals surface area contributed by atoms with Crippen molar-refractivity contribution in [2.75, 3.05) is 5.73 Å². The van der Waals surface area contributed by atoms with Crippen molar-refractivity contribution in [2.24, 2.45) is 0 Å². The van der Waals surface area contributed by atoms with E-state index in [4.69, 9.17) is 10.5 Å². The minimum Gasteiger partial charge on any atom is -0.489 e. The minimum absolute atomic E-state index is 0.266. The SMILES string of the molecule is Cc1c(N)cccc1COc1ccc(C(F)(F)F)cc1. The van der Waals surface area contributed by atoms with Crippen molar-refractivity contribution in [3.63, 3.8) is 0 Å². The van der Waals surface area contributed by atoms with Gasteiger partial charge in [0.15, 0.2) is 0 Å². The molecule has 0 saturated carbocycles. The third-order valence-corrected chi connectivity index (χ3v) is 3.06. The van der Waals surface area contributed by atoms with Gasteiger partial charge in [0.2, 0.25) is 0 Å². The Labute approximate surface area is 115 Å². The number of hydrogen-bond donors (Lipinski definition) is 1. The highest BCUT2D eigenvalue weighted by molar-refractivity contribution is 5.49. The molecule has 2 nitrogen and oxygen atoms in total. The van der Waals surface area contributed by atoms with Gasteiger partial charge in [-0.1, -0.05) is 12.1 Å². The molecule has 0 atom stereocenters. The average Bonchev–Trinajstić information content (AvgIpc) is 2.40. The molecule has 0 aliphatic carbocycles. The largest absolute Gasteiger partial charge is 0.489 e. The summed E-state index contributed by atoms with van der Waals surface area (Å²) in [5.74, 6) is 0.389. The maximum absolute atomic E-state index is 12.4. The van der Waals surface area contributed by atoms with Crippen molar-refractivity contribution in [1.82, 2.24) is 0 Å². The molecular weight excluding hydrogens is 267 g/mol. The lowest BCUT2D eigenvalue weighted by molar-refractivity contribution is -0.137. The molecule has 20 heavy (non-hydrogen) atoms. The number of halogens is 3. The molecule has 0 bridgehead atoms. The van der Waals surface area contributed by atoms with Gasteiger partial charge in [0.25, 0.3) is 0 Å². The number of benzene rings is 2. The summed E-state index contributed by atoms with van der Waals surface area (Å²) in [6.45, 7) is 2.14. The Bertz CT molecular complexity index is 591. The first-order chi connectivity index (χ1) is 9.38. The van der Waals surface area contributed by atoms with Crippen LogP contribution >= 0.6 is 0 Å². The van der Waals surface area contributed by atoms with E-state index in [0.29, 0.717) is 11.4 Å². The van der Waals surface area contributed by atoms with Crippen molar-refractivity contribution in [2.45, 2.75) is 19.7 Å². The maximum atomic E-state index is 12.4. The first-order valence-corrected chi connectivity index (χ1v) is 6.02. The molecule has 2 N–H and O–H groups in total. The van der Waals surface area contributed by atoms with E-state index in [1.165, 1.54) is 12.1 Å². The molecule has 0 radical (unpaired) electrons. The zero-order valence-corrected chi connectivity index (χ0v) is 10.9. The van der Waals surface area contributed by atoms with Gasteiger partial charge in [0, 0.05) is 5.69 Å². The monoisotopic (exact) mass is 281 g/mol. The van der Waals surface area contributed by atoms with E-state index in [2.05, 4.69) is 0 Å². The summed E-state index contributed by atoms with van der Waals surface area (Å²) in [5, 5.41) is 0. The van der Waals surface area contributed by atoms with Gasteiger partial charge in [-0.25, -0.2) is 0 Å². The van der Waals surface area contributed by atoms with Crippen LogP contribution in [0.5, 0.6) is 5.75 Å². The zero-order chi connectivity index (χ0) is 14.8. The number of ether oxygens (including phenoxy) is 1. The molecule has 0 aromatic heterocycles. The van der Waals surface area contributed by atoms with Gasteiger partial charge in [0.05, 0.1) is 5.56 Å². The molecule has 0 aliphatic rings. The molecule has 2 aromatic carbocycles. The summed E-state index contributed by atoms with van der Waals surface area (Å²) < 4.78 is 42.7. The van der Waals surface area contributed by atoms with E-state index in [0.717, 1.165) is 23.3 Å². The summed E-state index contributed by atoms with van der Waals surface area (Å²) in [6.07, 6.45) is -4.33. The molecular formula is C15H14F3NO. The number of hydrogen-bond acceptors (Lipinski definition) is 2. The second kappa shape index (κ2) is 5.45. The highest BCUT2D eigenvalue weighted by Crippen LogP contribution is 2.30. The number of rotatable bonds is 3. The van der Waals surface area contributed by atoms with E-state index in [1.54, 1.807) is 6.07 Å². The van der Waals surface area contributed by atoms with Gasteiger partial charge >= 0.3 is 6.18 Å². The van der Waals surface area contributed by atoms with Crippen LogP contribution in [0, 0.1) is 6.92 Å². The normalized spacial score (nSPS) is 11.4. The van der Waals surface area contributed by atoms with Crippen LogP contribution in [0.3, 0.4) is 0 Å². The Balaban J connectivity index is 2.06. The zero-order valence-electron chi connectivity index (χ0n) is 10.9. The van der Waals surface area contributed by atoms with Gasteiger partial charge < -0.3 is 10.5 Å². The predicted molar refractivity (Wildman–Crippen MR) is 71.4 cm³/mol. The van der Waals surface area contributed by atoms with Crippen LogP contribution < -0.4 is 10.5 Å². The van der Waals surface area contributed by atoms with E-state index in [-0.39, 0.29) is 6.61 Å². The molecule has 106 valence electrons. The van der Waals surface area contributed by atoms with Gasteiger partial charge in [0.1, 0.15) is 12.4 Å². The lowest BCUT2D eigenvalue weighted by Crippen LogP contribution is -2.05. The van der Waals surface area contributed by atoms with Crippen LogP contribution in [0.2, 0.25) is 0 Å². The van der Waals surface area contributed by atoms with Crippen LogP contribution in [0.15, 0.2) is 42.5 Å².